The zero-order valence-electron chi connectivity index (χ0n) is 9.13. The second-order valence-electron chi connectivity index (χ2n) is 3.97. The summed E-state index contributed by atoms with van der Waals surface area (Å²) in [7, 11) is 0. The van der Waals surface area contributed by atoms with Crippen molar-refractivity contribution in [2.24, 2.45) is 11.5 Å². The second kappa shape index (κ2) is 4.52. The number of hydrogen-bond donors (Lipinski definition) is 4. The third-order valence-corrected chi connectivity index (χ3v) is 2.70. The van der Waals surface area contributed by atoms with Crippen LogP contribution in [0, 0.1) is 0 Å². The molecule has 6 nitrogen and oxygen atoms in total. The zero-order valence-corrected chi connectivity index (χ0v) is 9.13. The van der Waals surface area contributed by atoms with Gasteiger partial charge in [-0.2, -0.15) is 0 Å². The first-order chi connectivity index (χ1) is 8.08. The summed E-state index contributed by atoms with van der Waals surface area (Å²) in [6, 6.07) is 4.20. The van der Waals surface area contributed by atoms with Crippen LogP contribution < -0.4 is 11.5 Å². The molecule has 1 aromatic heterocycles. The summed E-state index contributed by atoms with van der Waals surface area (Å²) in [4.78, 5) is 17.7. The van der Waals surface area contributed by atoms with E-state index in [-0.39, 0.29) is 6.42 Å². The SMILES string of the molecule is NC(CC(N)c1ccc2nc[nH]c2c1)C(=O)O. The van der Waals surface area contributed by atoms with Crippen molar-refractivity contribution in [1.29, 1.82) is 0 Å². The number of carboxylic acid groups (broad SMARTS) is 1. The Morgan fingerprint density at radius 2 is 2.24 bits per heavy atom. The number of fused-ring (bicyclic) bond motifs is 1. The molecule has 1 heterocycles. The minimum atomic E-state index is -1.04. The maximum atomic E-state index is 10.6. The predicted molar refractivity (Wildman–Crippen MR) is 63.3 cm³/mol. The summed E-state index contributed by atoms with van der Waals surface area (Å²) in [5.74, 6) is -1.04. The molecule has 1 aromatic carbocycles. The Hall–Kier alpha value is -1.92. The van der Waals surface area contributed by atoms with Gasteiger partial charge in [0.15, 0.2) is 0 Å². The van der Waals surface area contributed by atoms with Crippen LogP contribution in [0.25, 0.3) is 11.0 Å². The maximum absolute atomic E-state index is 10.6. The van der Waals surface area contributed by atoms with Crippen LogP contribution in [0.2, 0.25) is 0 Å². The van der Waals surface area contributed by atoms with E-state index < -0.39 is 18.1 Å². The van der Waals surface area contributed by atoms with Gasteiger partial charge < -0.3 is 21.6 Å². The Bertz CT molecular complexity index is 537. The van der Waals surface area contributed by atoms with Crippen molar-refractivity contribution in [3.05, 3.63) is 30.1 Å². The van der Waals surface area contributed by atoms with Crippen molar-refractivity contribution in [1.82, 2.24) is 9.97 Å². The standard InChI is InChI=1S/C11H14N4O2/c12-7(4-8(13)11(16)17)6-1-2-9-10(3-6)15-5-14-9/h1-3,5,7-8H,4,12-13H2,(H,14,15)(H,16,17). The molecule has 0 saturated heterocycles. The molecule has 90 valence electrons. The molecule has 2 unspecified atom stereocenters. The van der Waals surface area contributed by atoms with E-state index >= 15 is 0 Å². The lowest BCUT2D eigenvalue weighted by molar-refractivity contribution is -0.138. The minimum absolute atomic E-state index is 0.203. The Balaban J connectivity index is 2.18. The van der Waals surface area contributed by atoms with Gasteiger partial charge in [0.05, 0.1) is 17.4 Å². The monoisotopic (exact) mass is 234 g/mol. The molecule has 0 radical (unpaired) electrons. The van der Waals surface area contributed by atoms with Crippen LogP contribution in [0.5, 0.6) is 0 Å². The quantitative estimate of drug-likeness (QED) is 0.609. The lowest BCUT2D eigenvalue weighted by Crippen LogP contribution is -2.33. The molecule has 0 aliphatic heterocycles. The molecule has 6 heteroatoms. The lowest BCUT2D eigenvalue weighted by Gasteiger charge is -2.14. The Morgan fingerprint density at radius 1 is 1.47 bits per heavy atom. The fourth-order valence-electron chi connectivity index (χ4n) is 1.69. The number of nitrogens with two attached hydrogens (primary N) is 2. The third kappa shape index (κ3) is 2.43. The summed E-state index contributed by atoms with van der Waals surface area (Å²) in [5, 5.41) is 8.72. The van der Waals surface area contributed by atoms with E-state index in [0.29, 0.717) is 0 Å². The van der Waals surface area contributed by atoms with E-state index in [0.717, 1.165) is 16.6 Å². The van der Waals surface area contributed by atoms with Crippen LogP contribution >= 0.6 is 0 Å². The smallest absolute Gasteiger partial charge is 0.320 e. The summed E-state index contributed by atoms with van der Waals surface area (Å²) in [5.41, 5.74) is 13.9. The molecule has 2 atom stereocenters. The molecule has 0 amide bonds. The number of aromatic amines is 1. The number of carboxylic acids is 1. The number of imidazole rings is 1. The van der Waals surface area contributed by atoms with E-state index in [2.05, 4.69) is 9.97 Å². The molecule has 0 bridgehead atoms. The van der Waals surface area contributed by atoms with Gasteiger partial charge >= 0.3 is 5.97 Å². The Kier molecular flexibility index (Phi) is 3.08. The summed E-state index contributed by atoms with van der Waals surface area (Å²) < 4.78 is 0. The summed E-state index contributed by atoms with van der Waals surface area (Å²) in [6.07, 6.45) is 1.80. The number of nitrogens with zero attached hydrogens (tertiary/aromatic N) is 1. The molecule has 6 N–H and O–H groups in total. The van der Waals surface area contributed by atoms with E-state index in [1.165, 1.54) is 0 Å². The zero-order chi connectivity index (χ0) is 12.4. The molecular formula is C11H14N4O2. The predicted octanol–water partition coefficient (Wildman–Crippen LogP) is 0.365. The second-order valence-corrected chi connectivity index (χ2v) is 3.97. The topological polar surface area (TPSA) is 118 Å². The number of benzene rings is 1. The molecule has 2 rings (SSSR count). The fourth-order valence-corrected chi connectivity index (χ4v) is 1.69. The molecule has 0 aliphatic carbocycles. The van der Waals surface area contributed by atoms with Crippen LogP contribution in [0.15, 0.2) is 24.5 Å². The number of aliphatic carboxylic acids is 1. The van der Waals surface area contributed by atoms with Gasteiger partial charge in [-0.15, -0.1) is 0 Å². The Morgan fingerprint density at radius 3 is 2.94 bits per heavy atom. The number of H-pyrrole nitrogens is 1. The number of nitrogens with one attached hydrogen (secondary N) is 1. The van der Waals surface area contributed by atoms with Crippen molar-refractivity contribution in [3.63, 3.8) is 0 Å². The van der Waals surface area contributed by atoms with Crippen molar-refractivity contribution < 1.29 is 9.90 Å². The van der Waals surface area contributed by atoms with E-state index in [4.69, 9.17) is 16.6 Å². The molecule has 17 heavy (non-hydrogen) atoms. The van der Waals surface area contributed by atoms with E-state index in [1.807, 2.05) is 18.2 Å². The van der Waals surface area contributed by atoms with E-state index in [1.54, 1.807) is 6.33 Å². The van der Waals surface area contributed by atoms with Crippen LogP contribution in [-0.2, 0) is 4.79 Å². The lowest BCUT2D eigenvalue weighted by atomic mass is 10.0. The van der Waals surface area contributed by atoms with Crippen molar-refractivity contribution in [2.45, 2.75) is 18.5 Å². The highest BCUT2D eigenvalue weighted by molar-refractivity contribution is 5.75. The highest BCUT2D eigenvalue weighted by atomic mass is 16.4. The highest BCUT2D eigenvalue weighted by Gasteiger charge is 2.17. The van der Waals surface area contributed by atoms with Crippen molar-refractivity contribution in [2.75, 3.05) is 0 Å². The van der Waals surface area contributed by atoms with Gasteiger partial charge in [-0.3, -0.25) is 4.79 Å². The molecule has 2 aromatic rings. The number of aromatic nitrogens is 2. The van der Waals surface area contributed by atoms with Crippen molar-refractivity contribution in [3.8, 4) is 0 Å². The molecule has 0 aliphatic rings. The third-order valence-electron chi connectivity index (χ3n) is 2.70. The van der Waals surface area contributed by atoms with Crippen LogP contribution in [0.4, 0.5) is 0 Å². The largest absolute Gasteiger partial charge is 0.480 e. The van der Waals surface area contributed by atoms with Crippen molar-refractivity contribution >= 4 is 17.0 Å². The summed E-state index contributed by atoms with van der Waals surface area (Å²) in [6.45, 7) is 0. The van der Waals surface area contributed by atoms with Gasteiger partial charge in [0.25, 0.3) is 0 Å². The van der Waals surface area contributed by atoms with Crippen LogP contribution in [-0.4, -0.2) is 27.1 Å². The molecular weight excluding hydrogens is 220 g/mol. The Labute approximate surface area is 97.6 Å². The molecule has 0 saturated carbocycles. The van der Waals surface area contributed by atoms with Gasteiger partial charge in [0.2, 0.25) is 0 Å². The average molecular weight is 234 g/mol. The van der Waals surface area contributed by atoms with Gasteiger partial charge in [-0.25, -0.2) is 4.98 Å². The van der Waals surface area contributed by atoms with Gasteiger partial charge in [0.1, 0.15) is 6.04 Å². The number of hydrogen-bond acceptors (Lipinski definition) is 4. The highest BCUT2D eigenvalue weighted by Crippen LogP contribution is 2.19. The first kappa shape index (κ1) is 11.6. The maximum Gasteiger partial charge on any atom is 0.320 e. The van der Waals surface area contributed by atoms with Gasteiger partial charge in [-0.1, -0.05) is 6.07 Å². The summed E-state index contributed by atoms with van der Waals surface area (Å²) >= 11 is 0. The first-order valence-electron chi connectivity index (χ1n) is 5.25. The number of rotatable bonds is 4. The van der Waals surface area contributed by atoms with Gasteiger partial charge in [-0.05, 0) is 24.1 Å². The van der Waals surface area contributed by atoms with Crippen LogP contribution in [0.3, 0.4) is 0 Å². The minimum Gasteiger partial charge on any atom is -0.480 e. The number of carbonyl (C=O) groups is 1. The van der Waals surface area contributed by atoms with Gasteiger partial charge in [0, 0.05) is 6.04 Å². The first-order valence-corrected chi connectivity index (χ1v) is 5.25. The molecule has 0 fully saturated rings. The fraction of sp³-hybridized carbons (Fsp3) is 0.273. The molecule has 0 spiro atoms. The normalized spacial score (nSPS) is 14.7. The van der Waals surface area contributed by atoms with E-state index in [9.17, 15) is 4.79 Å². The average Bonchev–Trinajstić information content (AvgIpc) is 2.75. The van der Waals surface area contributed by atoms with Crippen LogP contribution in [0.1, 0.15) is 18.0 Å².